The first-order valence-electron chi connectivity index (χ1n) is 7.19. The fourth-order valence-corrected chi connectivity index (χ4v) is 2.58. The van der Waals surface area contributed by atoms with Crippen molar-refractivity contribution in [3.63, 3.8) is 0 Å². The van der Waals surface area contributed by atoms with Crippen molar-refractivity contribution in [2.24, 2.45) is 0 Å². The van der Waals surface area contributed by atoms with Gasteiger partial charge in [0.05, 0.1) is 5.41 Å². The molecule has 1 amide bonds. The third-order valence-corrected chi connectivity index (χ3v) is 4.24. The minimum absolute atomic E-state index is 0.00391. The average molecular weight is 290 g/mol. The van der Waals surface area contributed by atoms with Crippen LogP contribution in [0.2, 0.25) is 0 Å². The van der Waals surface area contributed by atoms with Crippen LogP contribution in [0, 0.1) is 0 Å². The van der Waals surface area contributed by atoms with Crippen LogP contribution in [0.3, 0.4) is 0 Å². The normalized spacial score (nSPS) is 19.0. The van der Waals surface area contributed by atoms with Gasteiger partial charge in [0.1, 0.15) is 0 Å². The number of benzene rings is 1. The predicted molar refractivity (Wildman–Crippen MR) is 80.1 cm³/mol. The Morgan fingerprint density at radius 3 is 2.24 bits per heavy atom. The fourth-order valence-electron chi connectivity index (χ4n) is 2.58. The molecule has 0 bridgehead atoms. The zero-order valence-corrected chi connectivity index (χ0v) is 12.6. The van der Waals surface area contributed by atoms with Crippen LogP contribution in [-0.4, -0.2) is 60.0 Å². The van der Waals surface area contributed by atoms with Crippen molar-refractivity contribution in [1.82, 2.24) is 9.80 Å². The van der Waals surface area contributed by atoms with E-state index in [4.69, 9.17) is 0 Å². The van der Waals surface area contributed by atoms with Gasteiger partial charge in [0, 0.05) is 32.6 Å². The number of hydrogen-bond donors (Lipinski definition) is 1. The highest BCUT2D eigenvalue weighted by Gasteiger charge is 2.39. The molecule has 1 fully saturated rings. The first-order valence-corrected chi connectivity index (χ1v) is 7.19. The van der Waals surface area contributed by atoms with Crippen molar-refractivity contribution in [3.8, 4) is 0 Å². The summed E-state index contributed by atoms with van der Waals surface area (Å²) in [6.45, 7) is 4.63. The Labute approximate surface area is 125 Å². The van der Waals surface area contributed by atoms with Crippen molar-refractivity contribution >= 4 is 11.9 Å². The van der Waals surface area contributed by atoms with Gasteiger partial charge in [-0.2, -0.15) is 0 Å². The average Bonchev–Trinajstić information content (AvgIpc) is 2.48. The number of carboxylic acids is 1. The molecule has 114 valence electrons. The van der Waals surface area contributed by atoms with E-state index < -0.39 is 11.4 Å². The van der Waals surface area contributed by atoms with Gasteiger partial charge < -0.3 is 14.9 Å². The van der Waals surface area contributed by atoms with Gasteiger partial charge in [-0.25, -0.2) is 0 Å². The molecule has 1 atom stereocenters. The molecule has 5 nitrogen and oxygen atoms in total. The largest absolute Gasteiger partial charge is 0.481 e. The van der Waals surface area contributed by atoms with Crippen LogP contribution in [-0.2, 0) is 15.0 Å². The molecule has 1 aliphatic rings. The van der Waals surface area contributed by atoms with Crippen LogP contribution in [0.15, 0.2) is 30.3 Å². The van der Waals surface area contributed by atoms with Crippen molar-refractivity contribution in [2.45, 2.75) is 18.8 Å². The number of likely N-dealkylation sites (N-methyl/N-ethyl adjacent to an activating group) is 1. The molecule has 21 heavy (non-hydrogen) atoms. The first kappa shape index (κ1) is 15.5. The third kappa shape index (κ3) is 3.42. The van der Waals surface area contributed by atoms with Gasteiger partial charge in [0.15, 0.2) is 0 Å². The van der Waals surface area contributed by atoms with Crippen LogP contribution < -0.4 is 0 Å². The summed E-state index contributed by atoms with van der Waals surface area (Å²) in [7, 11) is 2.02. The fraction of sp³-hybridized carbons (Fsp3) is 0.500. The second kappa shape index (κ2) is 6.26. The molecule has 1 unspecified atom stereocenters. The highest BCUT2D eigenvalue weighted by atomic mass is 16.4. The number of hydrogen-bond acceptors (Lipinski definition) is 3. The molecule has 0 radical (unpaired) electrons. The summed E-state index contributed by atoms with van der Waals surface area (Å²) in [5.41, 5.74) is -0.512. The summed E-state index contributed by atoms with van der Waals surface area (Å²) in [4.78, 5) is 28.1. The maximum Gasteiger partial charge on any atom is 0.314 e. The number of nitrogens with zero attached hydrogens (tertiary/aromatic N) is 2. The number of amides is 1. The molecular formula is C16H22N2O3. The summed E-state index contributed by atoms with van der Waals surface area (Å²) in [6, 6.07) is 8.98. The lowest BCUT2D eigenvalue weighted by molar-refractivity contribution is -0.148. The van der Waals surface area contributed by atoms with Crippen molar-refractivity contribution < 1.29 is 14.7 Å². The Morgan fingerprint density at radius 1 is 1.14 bits per heavy atom. The van der Waals surface area contributed by atoms with Gasteiger partial charge in [-0.1, -0.05) is 30.3 Å². The number of aliphatic carboxylic acids is 1. The third-order valence-electron chi connectivity index (χ3n) is 4.24. The Bertz CT molecular complexity index is 510. The maximum atomic E-state index is 12.4. The van der Waals surface area contributed by atoms with Gasteiger partial charge in [0.25, 0.3) is 0 Å². The van der Waals surface area contributed by atoms with Crippen LogP contribution in [0.1, 0.15) is 18.9 Å². The van der Waals surface area contributed by atoms with E-state index in [1.54, 1.807) is 36.1 Å². The first-order chi connectivity index (χ1) is 9.93. The molecule has 1 aromatic carbocycles. The van der Waals surface area contributed by atoms with Crippen molar-refractivity contribution in [3.05, 3.63) is 35.9 Å². The van der Waals surface area contributed by atoms with E-state index in [0.29, 0.717) is 18.7 Å². The molecule has 1 aliphatic heterocycles. The topological polar surface area (TPSA) is 60.9 Å². The zero-order chi connectivity index (χ0) is 15.5. The van der Waals surface area contributed by atoms with E-state index in [2.05, 4.69) is 4.90 Å². The number of piperazine rings is 1. The molecule has 1 heterocycles. The molecule has 1 aromatic rings. The summed E-state index contributed by atoms with van der Waals surface area (Å²) < 4.78 is 0. The summed E-state index contributed by atoms with van der Waals surface area (Å²) >= 11 is 0. The minimum Gasteiger partial charge on any atom is -0.481 e. The standard InChI is InChI=1S/C16H22N2O3/c1-16(15(20)21,13-6-4-3-5-7-13)12-14(19)18-10-8-17(2)9-11-18/h3-7H,8-12H2,1-2H3,(H,20,21). The molecular weight excluding hydrogens is 268 g/mol. The quantitative estimate of drug-likeness (QED) is 0.905. The molecule has 0 saturated carbocycles. The van der Waals surface area contributed by atoms with Crippen LogP contribution >= 0.6 is 0 Å². The van der Waals surface area contributed by atoms with Gasteiger partial charge in [-0.05, 0) is 19.5 Å². The Kier molecular flexibility index (Phi) is 4.63. The lowest BCUT2D eigenvalue weighted by Gasteiger charge is -2.34. The van der Waals surface area contributed by atoms with Crippen LogP contribution in [0.4, 0.5) is 0 Å². The van der Waals surface area contributed by atoms with Crippen molar-refractivity contribution in [1.29, 1.82) is 0 Å². The zero-order valence-electron chi connectivity index (χ0n) is 12.6. The number of rotatable bonds is 4. The van der Waals surface area contributed by atoms with Crippen LogP contribution in [0.5, 0.6) is 0 Å². The Morgan fingerprint density at radius 2 is 1.71 bits per heavy atom. The van der Waals surface area contributed by atoms with E-state index in [1.807, 2.05) is 13.1 Å². The Hall–Kier alpha value is -1.88. The molecule has 5 heteroatoms. The summed E-state index contributed by atoms with van der Waals surface area (Å²) in [6.07, 6.45) is -0.00391. The number of carboxylic acid groups (broad SMARTS) is 1. The van der Waals surface area contributed by atoms with Gasteiger partial charge in [-0.15, -0.1) is 0 Å². The van der Waals surface area contributed by atoms with Gasteiger partial charge in [0.2, 0.25) is 5.91 Å². The second-order valence-corrected chi connectivity index (χ2v) is 5.86. The van der Waals surface area contributed by atoms with E-state index in [-0.39, 0.29) is 12.3 Å². The smallest absolute Gasteiger partial charge is 0.314 e. The highest BCUT2D eigenvalue weighted by molar-refractivity contribution is 5.89. The monoisotopic (exact) mass is 290 g/mol. The molecule has 0 spiro atoms. The van der Waals surface area contributed by atoms with E-state index in [9.17, 15) is 14.7 Å². The number of carbonyl (C=O) groups is 2. The minimum atomic E-state index is -1.18. The van der Waals surface area contributed by atoms with Gasteiger partial charge in [-0.3, -0.25) is 9.59 Å². The van der Waals surface area contributed by atoms with E-state index in [0.717, 1.165) is 13.1 Å². The summed E-state index contributed by atoms with van der Waals surface area (Å²) in [5, 5.41) is 9.60. The summed E-state index contributed by atoms with van der Waals surface area (Å²) in [5.74, 6) is -1.05. The van der Waals surface area contributed by atoms with Gasteiger partial charge >= 0.3 is 5.97 Å². The number of carbonyl (C=O) groups excluding carboxylic acids is 1. The van der Waals surface area contributed by atoms with Crippen molar-refractivity contribution in [2.75, 3.05) is 33.2 Å². The van der Waals surface area contributed by atoms with Crippen LogP contribution in [0.25, 0.3) is 0 Å². The molecule has 2 rings (SSSR count). The molecule has 0 aromatic heterocycles. The highest BCUT2D eigenvalue weighted by Crippen LogP contribution is 2.29. The lowest BCUT2D eigenvalue weighted by atomic mass is 9.79. The molecule has 1 saturated heterocycles. The maximum absolute atomic E-state index is 12.4. The lowest BCUT2D eigenvalue weighted by Crippen LogP contribution is -2.49. The molecule has 1 N–H and O–H groups in total. The predicted octanol–water partition coefficient (Wildman–Crippen LogP) is 1.19. The van der Waals surface area contributed by atoms with E-state index in [1.165, 1.54) is 0 Å². The molecule has 0 aliphatic carbocycles. The second-order valence-electron chi connectivity index (χ2n) is 5.86. The Balaban J connectivity index is 2.13. The van der Waals surface area contributed by atoms with E-state index >= 15 is 0 Å². The SMILES string of the molecule is CN1CCN(C(=O)CC(C)(C(=O)O)c2ccccc2)CC1.